The maximum Gasteiger partial charge on any atom is 0.252 e. The highest BCUT2D eigenvalue weighted by atomic mass is 32.1. The number of nitrogens with one attached hydrogen (secondary N) is 1. The molecule has 118 valence electrons. The van der Waals surface area contributed by atoms with Crippen molar-refractivity contribution in [3.05, 3.63) is 45.1 Å². The topological polar surface area (TPSA) is 47.6 Å². The molecule has 1 heterocycles. The predicted octanol–water partition coefficient (Wildman–Crippen LogP) is 3.57. The molecule has 2 rings (SSSR count). The van der Waals surface area contributed by atoms with Crippen LogP contribution in [0.15, 0.2) is 23.6 Å². The normalized spacial score (nSPS) is 10.4. The Bertz CT molecular complexity index is 664. The lowest BCUT2D eigenvalue weighted by Gasteiger charge is -2.10. The summed E-state index contributed by atoms with van der Waals surface area (Å²) in [4.78, 5) is 13.5. The summed E-state index contributed by atoms with van der Waals surface area (Å²) in [5.74, 6) is 1.31. The van der Waals surface area contributed by atoms with E-state index in [1.54, 1.807) is 25.6 Å². The second-order valence-corrected chi connectivity index (χ2v) is 5.99. The molecule has 1 amide bonds. The van der Waals surface area contributed by atoms with E-state index in [0.717, 1.165) is 23.1 Å². The molecule has 0 fully saturated rings. The molecule has 4 nitrogen and oxygen atoms in total. The van der Waals surface area contributed by atoms with Gasteiger partial charge in [0.05, 0.1) is 19.8 Å². The van der Waals surface area contributed by atoms with E-state index >= 15 is 0 Å². The summed E-state index contributed by atoms with van der Waals surface area (Å²) < 4.78 is 10.5. The molecule has 1 aromatic heterocycles. The van der Waals surface area contributed by atoms with Crippen LogP contribution in [0.1, 0.15) is 33.3 Å². The number of amides is 1. The van der Waals surface area contributed by atoms with Crippen LogP contribution in [0.2, 0.25) is 0 Å². The van der Waals surface area contributed by atoms with Gasteiger partial charge in [0.15, 0.2) is 11.5 Å². The number of hydrogen-bond acceptors (Lipinski definition) is 4. The Labute approximate surface area is 135 Å². The molecular weight excluding hydrogens is 298 g/mol. The van der Waals surface area contributed by atoms with E-state index in [1.165, 1.54) is 4.88 Å². The molecule has 0 atom stereocenters. The first-order valence-electron chi connectivity index (χ1n) is 7.16. The van der Waals surface area contributed by atoms with Gasteiger partial charge in [-0.3, -0.25) is 4.79 Å². The molecular formula is C17H21NO3S. The molecule has 0 aliphatic carbocycles. The van der Waals surface area contributed by atoms with Crippen LogP contribution < -0.4 is 14.8 Å². The fraction of sp³-hybridized carbons (Fsp3) is 0.353. The molecule has 0 spiro atoms. The number of thiophene rings is 1. The van der Waals surface area contributed by atoms with E-state index < -0.39 is 0 Å². The van der Waals surface area contributed by atoms with Crippen molar-refractivity contribution in [1.82, 2.24) is 5.32 Å². The van der Waals surface area contributed by atoms with Crippen molar-refractivity contribution >= 4 is 17.2 Å². The van der Waals surface area contributed by atoms with Crippen LogP contribution in [0.3, 0.4) is 0 Å². The number of aryl methyl sites for hydroxylation is 1. The fourth-order valence-corrected chi connectivity index (χ4v) is 3.32. The quantitative estimate of drug-likeness (QED) is 0.885. The predicted molar refractivity (Wildman–Crippen MR) is 89.2 cm³/mol. The fourth-order valence-electron chi connectivity index (χ4n) is 2.38. The Hall–Kier alpha value is -2.01. The molecule has 0 radical (unpaired) electrons. The maximum atomic E-state index is 12.3. The molecule has 22 heavy (non-hydrogen) atoms. The van der Waals surface area contributed by atoms with Crippen molar-refractivity contribution in [3.63, 3.8) is 0 Å². The van der Waals surface area contributed by atoms with Crippen molar-refractivity contribution in [2.45, 2.75) is 26.8 Å². The van der Waals surface area contributed by atoms with Gasteiger partial charge >= 0.3 is 0 Å². The third-order valence-corrected chi connectivity index (χ3v) is 4.56. The highest BCUT2D eigenvalue weighted by Gasteiger charge is 2.14. The molecule has 0 aliphatic rings. The van der Waals surface area contributed by atoms with E-state index in [1.807, 2.05) is 23.6 Å². The minimum absolute atomic E-state index is 0.0315. The van der Waals surface area contributed by atoms with Gasteiger partial charge in [-0.2, -0.15) is 0 Å². The van der Waals surface area contributed by atoms with Gasteiger partial charge in [-0.15, -0.1) is 11.3 Å². The first kappa shape index (κ1) is 16.4. The number of hydrogen-bond donors (Lipinski definition) is 1. The van der Waals surface area contributed by atoms with Gasteiger partial charge in [0, 0.05) is 16.8 Å². The van der Waals surface area contributed by atoms with Gasteiger partial charge < -0.3 is 14.8 Å². The summed E-state index contributed by atoms with van der Waals surface area (Å²) in [5.41, 5.74) is 2.89. The van der Waals surface area contributed by atoms with Crippen LogP contribution in [-0.4, -0.2) is 20.1 Å². The molecule has 1 aromatic carbocycles. The zero-order chi connectivity index (χ0) is 16.1. The van der Waals surface area contributed by atoms with E-state index in [0.29, 0.717) is 18.0 Å². The Morgan fingerprint density at radius 2 is 1.95 bits per heavy atom. The summed E-state index contributed by atoms with van der Waals surface area (Å²) in [6, 6.07) is 5.63. The van der Waals surface area contributed by atoms with Crippen LogP contribution in [0, 0.1) is 6.92 Å². The lowest BCUT2D eigenvalue weighted by atomic mass is 10.1. The van der Waals surface area contributed by atoms with Gasteiger partial charge in [-0.05, 0) is 36.6 Å². The van der Waals surface area contributed by atoms with Gasteiger partial charge in [-0.25, -0.2) is 0 Å². The van der Waals surface area contributed by atoms with Crippen LogP contribution >= 0.6 is 11.3 Å². The number of carbonyl (C=O) groups is 1. The molecule has 0 aliphatic heterocycles. The van der Waals surface area contributed by atoms with E-state index in [-0.39, 0.29) is 5.91 Å². The minimum atomic E-state index is -0.0315. The minimum Gasteiger partial charge on any atom is -0.493 e. The van der Waals surface area contributed by atoms with Crippen molar-refractivity contribution in [3.8, 4) is 11.5 Å². The van der Waals surface area contributed by atoms with Gasteiger partial charge in [-0.1, -0.05) is 13.0 Å². The van der Waals surface area contributed by atoms with E-state index in [9.17, 15) is 4.79 Å². The van der Waals surface area contributed by atoms with Gasteiger partial charge in [0.2, 0.25) is 0 Å². The molecule has 0 unspecified atom stereocenters. The average molecular weight is 319 g/mol. The summed E-state index contributed by atoms with van der Waals surface area (Å²) >= 11 is 1.62. The van der Waals surface area contributed by atoms with Crippen molar-refractivity contribution in [2.75, 3.05) is 14.2 Å². The smallest absolute Gasteiger partial charge is 0.252 e. The number of methoxy groups -OCH3 is 2. The van der Waals surface area contributed by atoms with Crippen LogP contribution in [-0.2, 0) is 13.0 Å². The molecule has 0 saturated carbocycles. The zero-order valence-electron chi connectivity index (χ0n) is 13.4. The monoisotopic (exact) mass is 319 g/mol. The highest BCUT2D eigenvalue weighted by Crippen LogP contribution is 2.27. The average Bonchev–Trinajstić information content (AvgIpc) is 2.92. The lowest BCUT2D eigenvalue weighted by Crippen LogP contribution is -2.23. The SMILES string of the molecule is CCc1c(C(=O)NCc2ccc(OC)c(OC)c2)csc1C. The summed E-state index contributed by atoms with van der Waals surface area (Å²) in [6.07, 6.45) is 0.869. The van der Waals surface area contributed by atoms with Gasteiger partial charge in [0.1, 0.15) is 0 Å². The summed E-state index contributed by atoms with van der Waals surface area (Å²) in [7, 11) is 3.20. The molecule has 0 saturated heterocycles. The van der Waals surface area contributed by atoms with Crippen molar-refractivity contribution < 1.29 is 14.3 Å². The van der Waals surface area contributed by atoms with E-state index in [4.69, 9.17) is 9.47 Å². The third-order valence-electron chi connectivity index (χ3n) is 3.60. The standard InChI is InChI=1S/C17H21NO3S/c1-5-13-11(2)22-10-14(13)17(19)18-9-12-6-7-15(20-3)16(8-12)21-4/h6-8,10H,5,9H2,1-4H3,(H,18,19). The highest BCUT2D eigenvalue weighted by molar-refractivity contribution is 7.10. The second-order valence-electron chi connectivity index (χ2n) is 4.91. The largest absolute Gasteiger partial charge is 0.493 e. The maximum absolute atomic E-state index is 12.3. The van der Waals surface area contributed by atoms with Crippen molar-refractivity contribution in [2.24, 2.45) is 0 Å². The first-order valence-corrected chi connectivity index (χ1v) is 8.04. The van der Waals surface area contributed by atoms with E-state index in [2.05, 4.69) is 19.2 Å². The number of benzene rings is 1. The summed E-state index contributed by atoms with van der Waals surface area (Å²) in [5, 5.41) is 4.89. The van der Waals surface area contributed by atoms with Crippen LogP contribution in [0.5, 0.6) is 11.5 Å². The number of ether oxygens (including phenoxy) is 2. The molecule has 5 heteroatoms. The lowest BCUT2D eigenvalue weighted by molar-refractivity contribution is 0.0950. The summed E-state index contributed by atoms with van der Waals surface area (Å²) in [6.45, 7) is 4.58. The number of carbonyl (C=O) groups excluding carboxylic acids is 1. The Morgan fingerprint density at radius 3 is 2.59 bits per heavy atom. The molecule has 2 aromatic rings. The zero-order valence-corrected chi connectivity index (χ0v) is 14.2. The Morgan fingerprint density at radius 1 is 1.23 bits per heavy atom. The van der Waals surface area contributed by atoms with Crippen molar-refractivity contribution in [1.29, 1.82) is 0 Å². The Balaban J connectivity index is 2.08. The Kier molecular flexibility index (Phi) is 5.44. The molecule has 0 bridgehead atoms. The van der Waals surface area contributed by atoms with Crippen LogP contribution in [0.25, 0.3) is 0 Å². The van der Waals surface area contributed by atoms with Crippen LogP contribution in [0.4, 0.5) is 0 Å². The first-order chi connectivity index (χ1) is 10.6. The van der Waals surface area contributed by atoms with Gasteiger partial charge in [0.25, 0.3) is 5.91 Å². The second kappa shape index (κ2) is 7.31. The number of rotatable bonds is 6. The molecule has 1 N–H and O–H groups in total. The third kappa shape index (κ3) is 3.42.